The van der Waals surface area contributed by atoms with E-state index in [1.165, 1.54) is 6.20 Å². The Hall–Kier alpha value is -3.54. The molecule has 0 fully saturated rings. The van der Waals surface area contributed by atoms with Gasteiger partial charge >= 0.3 is 5.97 Å². The first-order valence-corrected chi connectivity index (χ1v) is 8.56. The number of hydrogen-bond acceptors (Lipinski definition) is 4. The Morgan fingerprint density at radius 2 is 1.37 bits per heavy atom. The third-order valence-electron chi connectivity index (χ3n) is 4.11. The van der Waals surface area contributed by atoms with Crippen LogP contribution < -0.4 is 0 Å². The van der Waals surface area contributed by atoms with E-state index in [0.29, 0.717) is 19.5 Å². The molecule has 3 rings (SSSR count). The third-order valence-corrected chi connectivity index (χ3v) is 4.11. The van der Waals surface area contributed by atoms with Crippen LogP contribution in [0.25, 0.3) is 0 Å². The van der Waals surface area contributed by atoms with Gasteiger partial charge in [-0.05, 0) is 17.5 Å². The molecule has 2 aromatic carbocycles. The second-order valence-corrected chi connectivity index (χ2v) is 6.04. The van der Waals surface area contributed by atoms with Crippen LogP contribution in [0.2, 0.25) is 0 Å². The summed E-state index contributed by atoms with van der Waals surface area (Å²) in [6.45, 7) is 0.953. The van der Waals surface area contributed by atoms with E-state index >= 15 is 0 Å². The van der Waals surface area contributed by atoms with Gasteiger partial charge in [-0.1, -0.05) is 60.7 Å². The van der Waals surface area contributed by atoms with Crippen LogP contribution in [0.15, 0.2) is 73.1 Å². The van der Waals surface area contributed by atoms with Crippen LogP contribution in [-0.2, 0) is 13.0 Å². The maximum atomic E-state index is 12.9. The number of rotatable bonds is 7. The van der Waals surface area contributed by atoms with Crippen molar-refractivity contribution in [3.8, 4) is 0 Å². The number of nitrogens with zero attached hydrogens (tertiary/aromatic N) is 3. The maximum absolute atomic E-state index is 12.9. The standard InChI is InChI=1S/C21H19N3O3/c25-20(18-13-23-19(14-22-18)21(26)27)24(15-17-9-5-2-6-10-17)12-11-16-7-3-1-4-8-16/h1-10,13-14H,11-12,15H2,(H,26,27). The molecule has 1 heterocycles. The molecule has 136 valence electrons. The zero-order chi connectivity index (χ0) is 19.1. The summed E-state index contributed by atoms with van der Waals surface area (Å²) in [5.74, 6) is -1.45. The zero-order valence-electron chi connectivity index (χ0n) is 14.7. The summed E-state index contributed by atoms with van der Waals surface area (Å²) < 4.78 is 0. The van der Waals surface area contributed by atoms with Crippen molar-refractivity contribution in [3.05, 3.63) is 95.6 Å². The quantitative estimate of drug-likeness (QED) is 0.699. The highest BCUT2D eigenvalue weighted by Crippen LogP contribution is 2.11. The van der Waals surface area contributed by atoms with Crippen LogP contribution in [0.1, 0.15) is 32.1 Å². The molecule has 0 atom stereocenters. The van der Waals surface area contributed by atoms with E-state index in [9.17, 15) is 9.59 Å². The van der Waals surface area contributed by atoms with Crippen molar-refractivity contribution in [3.63, 3.8) is 0 Å². The fraction of sp³-hybridized carbons (Fsp3) is 0.143. The summed E-state index contributed by atoms with van der Waals surface area (Å²) in [4.78, 5) is 33.3. The average Bonchev–Trinajstić information content (AvgIpc) is 2.72. The molecular formula is C21H19N3O3. The van der Waals surface area contributed by atoms with E-state index in [2.05, 4.69) is 9.97 Å². The summed E-state index contributed by atoms with van der Waals surface area (Å²) in [7, 11) is 0. The number of carbonyl (C=O) groups excluding carboxylic acids is 1. The van der Waals surface area contributed by atoms with E-state index in [0.717, 1.165) is 17.3 Å². The fourth-order valence-corrected chi connectivity index (χ4v) is 2.68. The lowest BCUT2D eigenvalue weighted by Gasteiger charge is -2.22. The SMILES string of the molecule is O=C(O)c1cnc(C(=O)N(CCc2ccccc2)Cc2ccccc2)cn1. The number of aromatic carboxylic acids is 1. The summed E-state index contributed by atoms with van der Waals surface area (Å²) in [6, 6.07) is 19.6. The molecule has 0 aliphatic heterocycles. The minimum absolute atomic E-state index is 0.129. The van der Waals surface area contributed by atoms with Gasteiger partial charge in [0.25, 0.3) is 5.91 Å². The normalized spacial score (nSPS) is 10.4. The Morgan fingerprint density at radius 1 is 0.815 bits per heavy atom. The predicted octanol–water partition coefficient (Wildman–Crippen LogP) is 3.06. The van der Waals surface area contributed by atoms with Crippen LogP contribution >= 0.6 is 0 Å². The first-order chi connectivity index (χ1) is 13.1. The van der Waals surface area contributed by atoms with Crippen LogP contribution in [0, 0.1) is 0 Å². The largest absolute Gasteiger partial charge is 0.476 e. The van der Waals surface area contributed by atoms with Crippen molar-refractivity contribution in [1.29, 1.82) is 0 Å². The van der Waals surface area contributed by atoms with Crippen molar-refractivity contribution in [2.75, 3.05) is 6.54 Å². The summed E-state index contributed by atoms with van der Waals surface area (Å²) in [5, 5.41) is 8.93. The Kier molecular flexibility index (Phi) is 5.89. The first-order valence-electron chi connectivity index (χ1n) is 8.56. The fourth-order valence-electron chi connectivity index (χ4n) is 2.68. The van der Waals surface area contributed by atoms with Crippen LogP contribution in [0.4, 0.5) is 0 Å². The van der Waals surface area contributed by atoms with Gasteiger partial charge in [0.05, 0.1) is 12.4 Å². The Balaban J connectivity index is 1.78. The number of carbonyl (C=O) groups is 2. The molecule has 6 nitrogen and oxygen atoms in total. The molecule has 0 spiro atoms. The van der Waals surface area contributed by atoms with Gasteiger partial charge < -0.3 is 10.0 Å². The van der Waals surface area contributed by atoms with Crippen molar-refractivity contribution >= 4 is 11.9 Å². The Labute approximate surface area is 157 Å². The lowest BCUT2D eigenvalue weighted by molar-refractivity contribution is 0.0684. The van der Waals surface area contributed by atoms with Crippen LogP contribution in [0.3, 0.4) is 0 Å². The maximum Gasteiger partial charge on any atom is 0.356 e. The van der Waals surface area contributed by atoms with Gasteiger partial charge in [-0.2, -0.15) is 0 Å². The van der Waals surface area contributed by atoms with Gasteiger partial charge in [0.1, 0.15) is 5.69 Å². The number of amides is 1. The van der Waals surface area contributed by atoms with Gasteiger partial charge in [0.2, 0.25) is 0 Å². The highest BCUT2D eigenvalue weighted by Gasteiger charge is 2.18. The van der Waals surface area contributed by atoms with Crippen molar-refractivity contribution in [2.24, 2.45) is 0 Å². The summed E-state index contributed by atoms with van der Waals surface area (Å²) >= 11 is 0. The Bertz CT molecular complexity index is 897. The highest BCUT2D eigenvalue weighted by molar-refractivity contribution is 5.92. The third kappa shape index (κ3) is 4.98. The van der Waals surface area contributed by atoms with Gasteiger partial charge in [0.15, 0.2) is 5.69 Å². The monoisotopic (exact) mass is 361 g/mol. The zero-order valence-corrected chi connectivity index (χ0v) is 14.7. The minimum Gasteiger partial charge on any atom is -0.476 e. The van der Waals surface area contributed by atoms with E-state index in [1.807, 2.05) is 60.7 Å². The number of carboxylic acid groups (broad SMARTS) is 1. The molecule has 0 bridgehead atoms. The van der Waals surface area contributed by atoms with Crippen molar-refractivity contribution in [2.45, 2.75) is 13.0 Å². The molecule has 1 amide bonds. The number of aromatic nitrogens is 2. The molecule has 27 heavy (non-hydrogen) atoms. The van der Waals surface area contributed by atoms with Crippen molar-refractivity contribution in [1.82, 2.24) is 14.9 Å². The van der Waals surface area contributed by atoms with Gasteiger partial charge in [0, 0.05) is 13.1 Å². The highest BCUT2D eigenvalue weighted by atomic mass is 16.4. The Morgan fingerprint density at radius 3 is 1.93 bits per heavy atom. The lowest BCUT2D eigenvalue weighted by Crippen LogP contribution is -2.33. The average molecular weight is 361 g/mol. The second kappa shape index (κ2) is 8.71. The van der Waals surface area contributed by atoms with E-state index in [1.54, 1.807) is 4.90 Å². The number of hydrogen-bond donors (Lipinski definition) is 1. The molecule has 1 N–H and O–H groups in total. The van der Waals surface area contributed by atoms with Gasteiger partial charge in [-0.3, -0.25) is 4.79 Å². The molecule has 0 radical (unpaired) electrons. The molecule has 0 aliphatic carbocycles. The first kappa shape index (κ1) is 18.3. The molecule has 0 aliphatic rings. The van der Waals surface area contributed by atoms with Gasteiger partial charge in [-0.15, -0.1) is 0 Å². The molecule has 0 unspecified atom stereocenters. The molecule has 3 aromatic rings. The number of carboxylic acids is 1. The molecule has 6 heteroatoms. The summed E-state index contributed by atoms with van der Waals surface area (Å²) in [6.07, 6.45) is 3.03. The molecular weight excluding hydrogens is 342 g/mol. The van der Waals surface area contributed by atoms with Crippen LogP contribution in [-0.4, -0.2) is 38.4 Å². The molecule has 0 saturated heterocycles. The van der Waals surface area contributed by atoms with E-state index < -0.39 is 5.97 Å². The molecule has 0 saturated carbocycles. The van der Waals surface area contributed by atoms with E-state index in [4.69, 9.17) is 5.11 Å². The number of benzene rings is 2. The van der Waals surface area contributed by atoms with E-state index in [-0.39, 0.29) is 17.3 Å². The second-order valence-electron chi connectivity index (χ2n) is 6.04. The summed E-state index contributed by atoms with van der Waals surface area (Å²) in [5.41, 5.74) is 2.08. The van der Waals surface area contributed by atoms with Gasteiger partial charge in [-0.25, -0.2) is 14.8 Å². The molecule has 1 aromatic heterocycles. The smallest absolute Gasteiger partial charge is 0.356 e. The topological polar surface area (TPSA) is 83.4 Å². The minimum atomic E-state index is -1.17. The van der Waals surface area contributed by atoms with Crippen molar-refractivity contribution < 1.29 is 14.7 Å². The van der Waals surface area contributed by atoms with Crippen LogP contribution in [0.5, 0.6) is 0 Å². The lowest BCUT2D eigenvalue weighted by atomic mass is 10.1. The predicted molar refractivity (Wildman–Crippen MR) is 100 cm³/mol.